The maximum atomic E-state index is 11.6. The topological polar surface area (TPSA) is 113 Å². The number of hydrogen-bond donors (Lipinski definition) is 1. The van der Waals surface area contributed by atoms with Crippen LogP contribution in [0.5, 0.6) is 0 Å². The third kappa shape index (κ3) is 20.6. The van der Waals surface area contributed by atoms with Crippen LogP contribution >= 0.6 is 0 Å². The van der Waals surface area contributed by atoms with Gasteiger partial charge in [-0.15, -0.1) is 0 Å². The van der Waals surface area contributed by atoms with E-state index in [1.165, 1.54) is 44.9 Å². The molecule has 0 saturated heterocycles. The molecule has 1 unspecified atom stereocenters. The second kappa shape index (κ2) is 18.7. The molecule has 0 aliphatic rings. The fourth-order valence-corrected chi connectivity index (χ4v) is 2.78. The molecule has 0 spiro atoms. The molecule has 0 aromatic heterocycles. The minimum absolute atomic E-state index is 0. The third-order valence-electron chi connectivity index (χ3n) is 3.87. The maximum Gasteiger partial charge on any atom is 1.00 e. The van der Waals surface area contributed by atoms with Gasteiger partial charge in [-0.2, -0.15) is 8.42 Å². The normalized spacial score (nSPS) is 12.4. The maximum absolute atomic E-state index is 11.6. The van der Waals surface area contributed by atoms with Crippen molar-refractivity contribution in [3.63, 3.8) is 0 Å². The largest absolute Gasteiger partial charge is 1.00 e. The fraction of sp³-hybridized carbons (Fsp3) is 0.941. The second-order valence-electron chi connectivity index (χ2n) is 6.28. The Morgan fingerprint density at radius 2 is 1.42 bits per heavy atom. The Bertz CT molecular complexity index is 429. The first kappa shape index (κ1) is 28.5. The van der Waals surface area contributed by atoms with Crippen molar-refractivity contribution in [2.24, 2.45) is 0 Å². The van der Waals surface area contributed by atoms with Crippen molar-refractivity contribution >= 4 is 16.4 Å². The van der Waals surface area contributed by atoms with E-state index in [1.807, 2.05) is 0 Å². The summed E-state index contributed by atoms with van der Waals surface area (Å²) in [6, 6.07) is 0. The minimum Gasteiger partial charge on any atom is -0.852 e. The molecule has 7 nitrogen and oxygen atoms in total. The molecule has 0 bridgehead atoms. The van der Waals surface area contributed by atoms with E-state index in [9.17, 15) is 18.3 Å². The molecule has 0 saturated carbocycles. The SMILES string of the molecule is CCCCCCCCCCCCCC(=O)OC(C[O-])COS(=O)(=O)O.[Na+]. The van der Waals surface area contributed by atoms with Gasteiger partial charge in [-0.05, 0) is 6.42 Å². The van der Waals surface area contributed by atoms with E-state index < -0.39 is 35.7 Å². The summed E-state index contributed by atoms with van der Waals surface area (Å²) in [5, 5.41) is 10.8. The van der Waals surface area contributed by atoms with Crippen molar-refractivity contribution in [3.8, 4) is 0 Å². The van der Waals surface area contributed by atoms with E-state index in [2.05, 4.69) is 11.1 Å². The van der Waals surface area contributed by atoms with Gasteiger partial charge in [0.1, 0.15) is 12.7 Å². The van der Waals surface area contributed by atoms with E-state index in [-0.39, 0.29) is 36.0 Å². The predicted octanol–water partition coefficient (Wildman–Crippen LogP) is -0.217. The Balaban J connectivity index is 0. The van der Waals surface area contributed by atoms with Crippen LogP contribution in [0.15, 0.2) is 0 Å². The average Bonchev–Trinajstić information content (AvgIpc) is 2.55. The zero-order valence-electron chi connectivity index (χ0n) is 16.3. The second-order valence-corrected chi connectivity index (χ2v) is 7.37. The minimum atomic E-state index is -4.63. The van der Waals surface area contributed by atoms with Crippen LogP contribution in [0.2, 0.25) is 0 Å². The monoisotopic (exact) mass is 404 g/mol. The molecular weight excluding hydrogens is 371 g/mol. The number of esters is 1. The van der Waals surface area contributed by atoms with E-state index in [4.69, 9.17) is 9.29 Å². The number of ether oxygens (including phenoxy) is 1. The van der Waals surface area contributed by atoms with Crippen LogP contribution in [0.4, 0.5) is 0 Å². The first-order valence-electron chi connectivity index (χ1n) is 9.28. The molecular formula is C17H33NaO7S. The molecule has 0 aliphatic heterocycles. The molecule has 0 aromatic rings. The van der Waals surface area contributed by atoms with Gasteiger partial charge in [0.2, 0.25) is 0 Å². The van der Waals surface area contributed by atoms with Crippen LogP contribution in [0.3, 0.4) is 0 Å². The van der Waals surface area contributed by atoms with Gasteiger partial charge < -0.3 is 9.84 Å². The smallest absolute Gasteiger partial charge is 0.852 e. The summed E-state index contributed by atoms with van der Waals surface area (Å²) in [6.07, 6.45) is 11.9. The number of hydrogen-bond acceptors (Lipinski definition) is 6. The van der Waals surface area contributed by atoms with E-state index in [0.29, 0.717) is 6.42 Å². The molecule has 1 N–H and O–H groups in total. The molecule has 0 aromatic carbocycles. The molecule has 1 atom stereocenters. The number of unbranched alkanes of at least 4 members (excludes halogenated alkanes) is 10. The predicted molar refractivity (Wildman–Crippen MR) is 93.3 cm³/mol. The summed E-state index contributed by atoms with van der Waals surface area (Å²) in [7, 11) is -4.63. The molecule has 0 amide bonds. The Kier molecular flexibility index (Phi) is 20.5. The van der Waals surface area contributed by atoms with Crippen LogP contribution in [0.25, 0.3) is 0 Å². The van der Waals surface area contributed by atoms with Crippen molar-refractivity contribution in [3.05, 3.63) is 0 Å². The molecule has 0 aliphatic carbocycles. The summed E-state index contributed by atoms with van der Waals surface area (Å²) < 4.78 is 38.1. The summed E-state index contributed by atoms with van der Waals surface area (Å²) in [5.41, 5.74) is 0. The van der Waals surface area contributed by atoms with Gasteiger partial charge in [-0.1, -0.05) is 77.7 Å². The zero-order valence-corrected chi connectivity index (χ0v) is 19.1. The first-order chi connectivity index (χ1) is 11.9. The molecule has 150 valence electrons. The van der Waals surface area contributed by atoms with Gasteiger partial charge in [0.25, 0.3) is 0 Å². The molecule has 9 heteroatoms. The molecule has 26 heavy (non-hydrogen) atoms. The van der Waals surface area contributed by atoms with Gasteiger partial charge in [-0.25, -0.2) is 4.18 Å². The number of carbonyl (C=O) groups excluding carboxylic acids is 1. The van der Waals surface area contributed by atoms with Gasteiger partial charge >= 0.3 is 45.9 Å². The molecule has 0 radical (unpaired) electrons. The molecule has 0 rings (SSSR count). The first-order valence-corrected chi connectivity index (χ1v) is 10.6. The zero-order chi connectivity index (χ0) is 19.0. The third-order valence-corrected chi connectivity index (χ3v) is 4.31. The van der Waals surface area contributed by atoms with Gasteiger partial charge in [0.05, 0.1) is 0 Å². The number of carbonyl (C=O) groups is 1. The fourth-order valence-electron chi connectivity index (χ4n) is 2.46. The Morgan fingerprint density at radius 1 is 0.962 bits per heavy atom. The molecule has 0 heterocycles. The standard InChI is InChI=1S/C17H33O7S.Na/c1-2-3-4-5-6-7-8-9-10-11-12-13-17(19)24-16(14-18)15-23-25(20,21)22;/h16H,2-15H2,1H3,(H,20,21,22);/q-1;+1. The summed E-state index contributed by atoms with van der Waals surface area (Å²) >= 11 is 0. The van der Waals surface area contributed by atoms with E-state index in [1.54, 1.807) is 0 Å². The van der Waals surface area contributed by atoms with Crippen LogP contribution in [0, 0.1) is 0 Å². The van der Waals surface area contributed by atoms with Gasteiger partial charge in [0, 0.05) is 6.42 Å². The van der Waals surface area contributed by atoms with E-state index >= 15 is 0 Å². The van der Waals surface area contributed by atoms with Crippen LogP contribution in [0.1, 0.15) is 84.0 Å². The quantitative estimate of drug-likeness (QED) is 0.154. The van der Waals surface area contributed by atoms with E-state index in [0.717, 1.165) is 19.3 Å². The summed E-state index contributed by atoms with van der Waals surface area (Å²) in [4.78, 5) is 11.6. The van der Waals surface area contributed by atoms with Gasteiger partial charge in [-0.3, -0.25) is 9.35 Å². The van der Waals surface area contributed by atoms with Crippen molar-refractivity contribution in [2.45, 2.75) is 90.1 Å². The summed E-state index contributed by atoms with van der Waals surface area (Å²) in [6.45, 7) is 0.732. The van der Waals surface area contributed by atoms with Crippen LogP contribution in [-0.2, 0) is 24.1 Å². The average molecular weight is 405 g/mol. The Labute approximate surface area is 180 Å². The summed E-state index contributed by atoms with van der Waals surface area (Å²) in [5.74, 6) is -0.546. The van der Waals surface area contributed by atoms with Crippen molar-refractivity contribution in [1.29, 1.82) is 0 Å². The van der Waals surface area contributed by atoms with Crippen molar-refractivity contribution in [2.75, 3.05) is 13.2 Å². The number of rotatable bonds is 17. The molecule has 0 fully saturated rings. The van der Waals surface area contributed by atoms with Gasteiger partial charge in [0.15, 0.2) is 0 Å². The van der Waals surface area contributed by atoms with Crippen molar-refractivity contribution in [1.82, 2.24) is 0 Å². The van der Waals surface area contributed by atoms with Crippen molar-refractivity contribution < 1.29 is 61.3 Å². The Hall–Kier alpha value is 0.300. The Morgan fingerprint density at radius 3 is 1.85 bits per heavy atom. The van der Waals surface area contributed by atoms with Crippen LogP contribution < -0.4 is 34.7 Å². The van der Waals surface area contributed by atoms with Crippen LogP contribution in [-0.4, -0.2) is 38.3 Å².